The fourth-order valence-electron chi connectivity index (χ4n) is 3.73. The van der Waals surface area contributed by atoms with E-state index in [4.69, 9.17) is 5.21 Å². The van der Waals surface area contributed by atoms with Crippen molar-refractivity contribution in [3.05, 3.63) is 29.8 Å². The van der Waals surface area contributed by atoms with Gasteiger partial charge in [-0.1, -0.05) is 51.0 Å². The van der Waals surface area contributed by atoms with Crippen LogP contribution in [0, 0.1) is 16.7 Å². The van der Waals surface area contributed by atoms with Crippen molar-refractivity contribution >= 4 is 17.3 Å². The number of rotatable bonds is 1. The topological polar surface area (TPSA) is 52.9 Å². The molecule has 1 fully saturated rings. The number of fused-ring (bicyclic) bond motifs is 1. The number of anilines is 1. The van der Waals surface area contributed by atoms with Crippen molar-refractivity contribution in [3.8, 4) is 0 Å². The van der Waals surface area contributed by atoms with Gasteiger partial charge in [0.05, 0.1) is 11.4 Å². The van der Waals surface area contributed by atoms with Crippen LogP contribution in [0.5, 0.6) is 0 Å². The summed E-state index contributed by atoms with van der Waals surface area (Å²) in [5.74, 6) is 0.236. The van der Waals surface area contributed by atoms with E-state index in [0.29, 0.717) is 18.7 Å². The number of benzene rings is 1. The fourth-order valence-corrected chi connectivity index (χ4v) is 3.73. The van der Waals surface area contributed by atoms with Crippen LogP contribution in [-0.2, 0) is 4.79 Å². The van der Waals surface area contributed by atoms with Crippen molar-refractivity contribution in [1.82, 2.24) is 0 Å². The van der Waals surface area contributed by atoms with Crippen LogP contribution in [0.1, 0.15) is 39.7 Å². The van der Waals surface area contributed by atoms with Gasteiger partial charge in [-0.05, 0) is 16.9 Å². The minimum Gasteiger partial charge on any atom is -0.411 e. The highest BCUT2D eigenvalue weighted by Crippen LogP contribution is 2.69. The van der Waals surface area contributed by atoms with E-state index in [1.165, 1.54) is 0 Å². The molecule has 0 saturated heterocycles. The lowest BCUT2D eigenvalue weighted by atomic mass is 9.98. The van der Waals surface area contributed by atoms with E-state index in [1.54, 1.807) is 0 Å². The summed E-state index contributed by atoms with van der Waals surface area (Å²) in [4.78, 5) is 14.8. The van der Waals surface area contributed by atoms with Crippen molar-refractivity contribution in [2.24, 2.45) is 21.9 Å². The molecule has 1 heterocycles. The third-order valence-electron chi connectivity index (χ3n) is 5.73. The summed E-state index contributed by atoms with van der Waals surface area (Å²) < 4.78 is 0. The molecule has 1 aromatic rings. The lowest BCUT2D eigenvalue weighted by Gasteiger charge is -2.30. The summed E-state index contributed by atoms with van der Waals surface area (Å²) in [5, 5.41) is 12.5. The van der Waals surface area contributed by atoms with E-state index in [1.807, 2.05) is 29.2 Å². The Labute approximate surface area is 125 Å². The van der Waals surface area contributed by atoms with Gasteiger partial charge in [0, 0.05) is 24.4 Å². The first-order chi connectivity index (χ1) is 9.82. The third kappa shape index (κ3) is 1.81. The van der Waals surface area contributed by atoms with E-state index in [9.17, 15) is 4.79 Å². The largest absolute Gasteiger partial charge is 0.411 e. The lowest BCUT2D eigenvalue weighted by Crippen LogP contribution is -2.39. The van der Waals surface area contributed by atoms with Crippen molar-refractivity contribution in [1.29, 1.82) is 0 Å². The maximum atomic E-state index is 13.0. The van der Waals surface area contributed by atoms with E-state index in [2.05, 4.69) is 32.9 Å². The maximum absolute atomic E-state index is 13.0. The number of carbonyl (C=O) groups is 1. The number of amides is 1. The van der Waals surface area contributed by atoms with Gasteiger partial charge in [-0.15, -0.1) is 0 Å². The van der Waals surface area contributed by atoms with Crippen LogP contribution in [0.4, 0.5) is 5.69 Å². The Balaban J connectivity index is 1.97. The first-order valence-electron chi connectivity index (χ1n) is 7.44. The molecule has 0 radical (unpaired) electrons. The molecule has 0 spiro atoms. The monoisotopic (exact) mass is 286 g/mol. The second-order valence-corrected chi connectivity index (χ2v) is 7.18. The van der Waals surface area contributed by atoms with Crippen molar-refractivity contribution in [2.75, 3.05) is 11.4 Å². The summed E-state index contributed by atoms with van der Waals surface area (Å²) in [7, 11) is 0. The Morgan fingerprint density at radius 1 is 1.24 bits per heavy atom. The van der Waals surface area contributed by atoms with Crippen molar-refractivity contribution in [2.45, 2.75) is 34.1 Å². The van der Waals surface area contributed by atoms with E-state index < -0.39 is 0 Å². The molecular weight excluding hydrogens is 264 g/mol. The smallest absolute Gasteiger partial charge is 0.231 e. The van der Waals surface area contributed by atoms with Gasteiger partial charge < -0.3 is 10.1 Å². The molecular formula is C17H22N2O2. The number of oxime groups is 1. The molecule has 21 heavy (non-hydrogen) atoms. The molecule has 0 aromatic heterocycles. The molecule has 1 aromatic carbocycles. The Bertz CT molecular complexity index is 617. The summed E-state index contributed by atoms with van der Waals surface area (Å²) >= 11 is 0. The van der Waals surface area contributed by atoms with Crippen LogP contribution in [-0.4, -0.2) is 23.4 Å². The second kappa shape index (κ2) is 4.33. The van der Waals surface area contributed by atoms with E-state index >= 15 is 0 Å². The summed E-state index contributed by atoms with van der Waals surface area (Å²) in [5.41, 5.74) is 2.44. The highest BCUT2D eigenvalue weighted by molar-refractivity contribution is 6.12. The SMILES string of the molecule is CC1(C)C(C(=O)N2CCC(=NO)c3ccccc32)C1(C)C. The van der Waals surface area contributed by atoms with Gasteiger partial charge in [0.15, 0.2) is 0 Å². The van der Waals surface area contributed by atoms with Crippen LogP contribution >= 0.6 is 0 Å². The molecule has 0 atom stereocenters. The average Bonchev–Trinajstić information content (AvgIpc) is 2.86. The van der Waals surface area contributed by atoms with Crippen molar-refractivity contribution < 1.29 is 10.0 Å². The van der Waals surface area contributed by atoms with Crippen LogP contribution in [0.3, 0.4) is 0 Å². The Morgan fingerprint density at radius 3 is 2.43 bits per heavy atom. The maximum Gasteiger partial charge on any atom is 0.231 e. The van der Waals surface area contributed by atoms with Crippen LogP contribution < -0.4 is 4.90 Å². The van der Waals surface area contributed by atoms with Crippen LogP contribution in [0.2, 0.25) is 0 Å². The molecule has 0 bridgehead atoms. The molecule has 4 nitrogen and oxygen atoms in total. The number of nitrogens with zero attached hydrogens (tertiary/aromatic N) is 2. The number of carbonyl (C=O) groups excluding carboxylic acids is 1. The molecule has 4 heteroatoms. The van der Waals surface area contributed by atoms with Crippen molar-refractivity contribution in [3.63, 3.8) is 0 Å². The van der Waals surface area contributed by atoms with Gasteiger partial charge in [0.1, 0.15) is 0 Å². The minimum atomic E-state index is 0.0321. The van der Waals surface area contributed by atoms with Crippen LogP contribution in [0.25, 0.3) is 0 Å². The zero-order valence-corrected chi connectivity index (χ0v) is 13.1. The first-order valence-corrected chi connectivity index (χ1v) is 7.44. The van der Waals surface area contributed by atoms with Gasteiger partial charge in [0.2, 0.25) is 5.91 Å². The molecule has 0 unspecified atom stereocenters. The predicted octanol–water partition coefficient (Wildman–Crippen LogP) is 3.28. The summed E-state index contributed by atoms with van der Waals surface area (Å²) in [6.07, 6.45) is 0.590. The molecule has 1 aliphatic heterocycles. The average molecular weight is 286 g/mol. The Hall–Kier alpha value is -1.84. The van der Waals surface area contributed by atoms with Crippen LogP contribution in [0.15, 0.2) is 29.4 Å². The van der Waals surface area contributed by atoms with E-state index in [-0.39, 0.29) is 22.7 Å². The van der Waals surface area contributed by atoms with Gasteiger partial charge in [-0.25, -0.2) is 0 Å². The standard InChI is InChI=1S/C17H22N2O2/c1-16(2)14(17(16,3)4)15(20)19-10-9-12(18-21)11-7-5-6-8-13(11)19/h5-8,14,21H,9-10H2,1-4H3. The Kier molecular flexibility index (Phi) is 2.91. The highest BCUT2D eigenvalue weighted by Gasteiger charge is 2.69. The van der Waals surface area contributed by atoms with Gasteiger partial charge in [-0.2, -0.15) is 0 Å². The Morgan fingerprint density at radius 2 is 1.86 bits per heavy atom. The minimum absolute atomic E-state index is 0.0321. The number of hydrogen-bond donors (Lipinski definition) is 1. The second-order valence-electron chi connectivity index (χ2n) is 7.18. The molecule has 1 amide bonds. The normalized spacial score (nSPS) is 24.8. The van der Waals surface area contributed by atoms with Gasteiger partial charge in [-0.3, -0.25) is 4.79 Å². The zero-order valence-electron chi connectivity index (χ0n) is 13.1. The van der Waals surface area contributed by atoms with Gasteiger partial charge in [0.25, 0.3) is 0 Å². The first kappa shape index (κ1) is 14.1. The lowest BCUT2D eigenvalue weighted by molar-refractivity contribution is -0.120. The predicted molar refractivity (Wildman–Crippen MR) is 82.8 cm³/mol. The summed E-state index contributed by atoms with van der Waals surface area (Å²) in [6.45, 7) is 9.22. The molecule has 112 valence electrons. The van der Waals surface area contributed by atoms with Gasteiger partial charge >= 0.3 is 0 Å². The number of hydrogen-bond acceptors (Lipinski definition) is 3. The molecule has 1 aliphatic carbocycles. The third-order valence-corrected chi connectivity index (χ3v) is 5.73. The molecule has 3 rings (SSSR count). The molecule has 2 aliphatic rings. The zero-order chi connectivity index (χ0) is 15.4. The molecule has 1 saturated carbocycles. The number of para-hydroxylation sites is 1. The van der Waals surface area contributed by atoms with E-state index in [0.717, 1.165) is 11.3 Å². The summed E-state index contributed by atoms with van der Waals surface area (Å²) in [6, 6.07) is 7.67. The fraction of sp³-hybridized carbons (Fsp3) is 0.529. The quantitative estimate of drug-likeness (QED) is 0.636. The molecule has 1 N–H and O–H groups in total. The highest BCUT2D eigenvalue weighted by atomic mass is 16.4.